The number of carbonyl (C=O) groups is 6. The zero-order chi connectivity index (χ0) is 39.1. The van der Waals surface area contributed by atoms with Gasteiger partial charge in [-0.1, -0.05) is 0 Å². The molecule has 6 atom stereocenters. The maximum Gasteiger partial charge on any atom is 0.307 e. The molecule has 4 amide bonds. The topological polar surface area (TPSA) is 287 Å². The molecule has 0 aromatic carbocycles. The van der Waals surface area contributed by atoms with Crippen LogP contribution in [0, 0.1) is 5.92 Å². The molecule has 1 saturated heterocycles. The van der Waals surface area contributed by atoms with E-state index < -0.39 is 91.2 Å². The number of hydrogen-bond acceptors (Lipinski definition) is 15. The minimum absolute atomic E-state index is 0.0306. The van der Waals surface area contributed by atoms with Gasteiger partial charge in [0, 0.05) is 32.9 Å². The van der Waals surface area contributed by atoms with Crippen molar-refractivity contribution >= 4 is 35.6 Å². The molecule has 0 aromatic heterocycles. The summed E-state index contributed by atoms with van der Waals surface area (Å²) in [6, 6.07) is -1.28. The normalized spacial score (nSPS) is 20.7. The van der Waals surface area contributed by atoms with E-state index >= 15 is 0 Å². The van der Waals surface area contributed by atoms with Gasteiger partial charge in [-0.25, -0.2) is 0 Å². The molecule has 0 aliphatic carbocycles. The number of aliphatic hydroxyl groups excluding tert-OH is 3. The fourth-order valence-corrected chi connectivity index (χ4v) is 4.63. The van der Waals surface area contributed by atoms with Crippen LogP contribution >= 0.6 is 0 Å². The Balaban J connectivity index is 2.44. The van der Waals surface area contributed by atoms with Gasteiger partial charge in [0.15, 0.2) is 6.23 Å². The zero-order valence-corrected chi connectivity index (χ0v) is 30.3. The first kappa shape index (κ1) is 46.5. The molecule has 52 heavy (non-hydrogen) atoms. The lowest BCUT2D eigenvalue weighted by Gasteiger charge is -2.42. The molecule has 20 heteroatoms. The van der Waals surface area contributed by atoms with Crippen molar-refractivity contribution in [1.29, 1.82) is 0 Å². The smallest absolute Gasteiger partial charge is 0.307 e. The van der Waals surface area contributed by atoms with Gasteiger partial charge in [0.2, 0.25) is 23.6 Å². The fraction of sp³-hybridized carbons (Fsp3) is 0.812. The second kappa shape index (κ2) is 25.5. The van der Waals surface area contributed by atoms with Crippen LogP contribution in [0.2, 0.25) is 0 Å². The summed E-state index contributed by atoms with van der Waals surface area (Å²) >= 11 is 0. The van der Waals surface area contributed by atoms with Crippen LogP contribution in [-0.4, -0.2) is 165 Å². The Bertz CT molecular complexity index is 1120. The third-order valence-corrected chi connectivity index (χ3v) is 7.03. The molecule has 5 unspecified atom stereocenters. The second-order valence-electron chi connectivity index (χ2n) is 12.7. The van der Waals surface area contributed by atoms with Crippen molar-refractivity contribution in [2.75, 3.05) is 72.6 Å². The van der Waals surface area contributed by atoms with E-state index in [2.05, 4.69) is 21.3 Å². The van der Waals surface area contributed by atoms with Gasteiger partial charge in [0.1, 0.15) is 30.0 Å². The number of carboxylic acid groups (broad SMARTS) is 1. The molecule has 20 nitrogen and oxygen atoms in total. The Morgan fingerprint density at radius 3 is 1.83 bits per heavy atom. The lowest BCUT2D eigenvalue weighted by molar-refractivity contribution is -0.203. The van der Waals surface area contributed by atoms with E-state index in [9.17, 15) is 44.1 Å². The molecule has 300 valence electrons. The standard InChI is InChI=1S/C32H56N4O16/c1-20(38)35-27-29(45)28(44)22(19-37)51-31(27)36-24(40)17-21(18-26(43)52-32(2,3)4)30(46)34-8-12-50-15-13-47-9-5-23(39)33-7-11-49-16-14-48-10-6-25(41)42/h21-22,27-29,31,37,44-45H,5-19H2,1-4H3,(H,33,39)(H,34,46)(H,35,38)(H,36,40)(H,41,42)/t21-,22?,27?,28?,29?,31?/m1/s1. The number of carbonyl (C=O) groups excluding carboxylic acids is 5. The highest BCUT2D eigenvalue weighted by molar-refractivity contribution is 5.89. The lowest BCUT2D eigenvalue weighted by atomic mass is 9.95. The molecular formula is C32H56N4O16. The summed E-state index contributed by atoms with van der Waals surface area (Å²) in [4.78, 5) is 72.6. The van der Waals surface area contributed by atoms with Crippen LogP contribution < -0.4 is 21.3 Å². The van der Waals surface area contributed by atoms with Crippen molar-refractivity contribution in [2.45, 2.75) is 89.6 Å². The monoisotopic (exact) mass is 752 g/mol. The van der Waals surface area contributed by atoms with Crippen molar-refractivity contribution in [3.05, 3.63) is 0 Å². The van der Waals surface area contributed by atoms with Gasteiger partial charge < -0.3 is 70.1 Å². The number of rotatable bonds is 26. The van der Waals surface area contributed by atoms with Crippen LogP contribution in [0.5, 0.6) is 0 Å². The van der Waals surface area contributed by atoms with Crippen molar-refractivity contribution in [2.24, 2.45) is 5.92 Å². The molecule has 0 bridgehead atoms. The van der Waals surface area contributed by atoms with Crippen LogP contribution in [0.1, 0.15) is 53.4 Å². The van der Waals surface area contributed by atoms with E-state index in [1.807, 2.05) is 0 Å². The van der Waals surface area contributed by atoms with E-state index in [1.165, 1.54) is 0 Å². The van der Waals surface area contributed by atoms with E-state index in [0.29, 0.717) is 6.54 Å². The Hall–Kier alpha value is -3.50. The number of amides is 4. The first-order chi connectivity index (χ1) is 24.5. The number of hydrogen-bond donors (Lipinski definition) is 8. The van der Waals surface area contributed by atoms with E-state index in [0.717, 1.165) is 6.92 Å². The first-order valence-corrected chi connectivity index (χ1v) is 17.0. The van der Waals surface area contributed by atoms with Crippen molar-refractivity contribution in [1.82, 2.24) is 21.3 Å². The van der Waals surface area contributed by atoms with Crippen molar-refractivity contribution < 1.29 is 77.6 Å². The highest BCUT2D eigenvalue weighted by Crippen LogP contribution is 2.21. The second-order valence-corrected chi connectivity index (χ2v) is 12.7. The Labute approximate surface area is 302 Å². The summed E-state index contributed by atoms with van der Waals surface area (Å²) in [6.07, 6.45) is -6.73. The van der Waals surface area contributed by atoms with Gasteiger partial charge >= 0.3 is 11.9 Å². The third-order valence-electron chi connectivity index (χ3n) is 7.03. The molecule has 0 aromatic rings. The van der Waals surface area contributed by atoms with Crippen LogP contribution in [0.15, 0.2) is 0 Å². The summed E-state index contributed by atoms with van der Waals surface area (Å²) in [5.41, 5.74) is -0.851. The SMILES string of the molecule is CC(=O)NC1C(NC(=O)C[C@H](CC(=O)OC(C)(C)C)C(=O)NCCOCCOCCC(=O)NCCOCCOCCC(=O)O)OC(CO)C(O)C1O. The summed E-state index contributed by atoms with van der Waals surface area (Å²) in [7, 11) is 0. The quantitative estimate of drug-likeness (QED) is 0.0322. The predicted molar refractivity (Wildman–Crippen MR) is 178 cm³/mol. The number of nitrogens with one attached hydrogen (secondary N) is 4. The predicted octanol–water partition coefficient (Wildman–Crippen LogP) is -3.05. The summed E-state index contributed by atoms with van der Waals surface area (Å²) < 4.78 is 32.0. The minimum atomic E-state index is -1.60. The Kier molecular flexibility index (Phi) is 22.8. The lowest BCUT2D eigenvalue weighted by Crippen LogP contribution is -2.68. The van der Waals surface area contributed by atoms with Crippen molar-refractivity contribution in [3.63, 3.8) is 0 Å². The average Bonchev–Trinajstić information content (AvgIpc) is 3.04. The molecule has 8 N–H and O–H groups in total. The molecule has 1 rings (SSSR count). The molecule has 1 aliphatic heterocycles. The van der Waals surface area contributed by atoms with Gasteiger partial charge in [-0.2, -0.15) is 0 Å². The molecular weight excluding hydrogens is 696 g/mol. The van der Waals surface area contributed by atoms with E-state index in [1.54, 1.807) is 20.8 Å². The maximum absolute atomic E-state index is 13.1. The van der Waals surface area contributed by atoms with Gasteiger partial charge in [-0.15, -0.1) is 0 Å². The molecule has 1 heterocycles. The largest absolute Gasteiger partial charge is 0.481 e. The Morgan fingerprint density at radius 1 is 0.731 bits per heavy atom. The summed E-state index contributed by atoms with van der Waals surface area (Å²) in [5, 5.41) is 48.9. The van der Waals surface area contributed by atoms with Gasteiger partial charge in [0.25, 0.3) is 0 Å². The van der Waals surface area contributed by atoms with Gasteiger partial charge in [-0.3, -0.25) is 28.8 Å². The fourth-order valence-electron chi connectivity index (χ4n) is 4.63. The van der Waals surface area contributed by atoms with Gasteiger partial charge in [0.05, 0.1) is 78.2 Å². The molecule has 0 radical (unpaired) electrons. The maximum atomic E-state index is 13.1. The van der Waals surface area contributed by atoms with E-state index in [4.69, 9.17) is 33.5 Å². The summed E-state index contributed by atoms with van der Waals surface area (Å²) in [6.45, 7) is 7.20. The number of esters is 1. The highest BCUT2D eigenvalue weighted by atomic mass is 16.6. The van der Waals surface area contributed by atoms with E-state index in [-0.39, 0.29) is 78.1 Å². The first-order valence-electron chi connectivity index (χ1n) is 17.0. The van der Waals surface area contributed by atoms with Crippen LogP contribution in [-0.2, 0) is 57.2 Å². The molecule has 0 spiro atoms. The van der Waals surface area contributed by atoms with Crippen LogP contribution in [0.25, 0.3) is 0 Å². The molecule has 1 fully saturated rings. The molecule has 0 saturated carbocycles. The van der Waals surface area contributed by atoms with Crippen molar-refractivity contribution in [3.8, 4) is 0 Å². The minimum Gasteiger partial charge on any atom is -0.481 e. The van der Waals surface area contributed by atoms with Crippen LogP contribution in [0.4, 0.5) is 0 Å². The number of carboxylic acids is 1. The zero-order valence-electron chi connectivity index (χ0n) is 30.3. The average molecular weight is 753 g/mol. The van der Waals surface area contributed by atoms with Gasteiger partial charge in [-0.05, 0) is 20.8 Å². The number of aliphatic hydroxyl groups is 3. The summed E-state index contributed by atoms with van der Waals surface area (Å²) in [5.74, 6) is -5.10. The van der Waals surface area contributed by atoms with Crippen LogP contribution in [0.3, 0.4) is 0 Å². The highest BCUT2D eigenvalue weighted by Gasteiger charge is 2.45. The number of ether oxygens (including phenoxy) is 6. The number of aliphatic carboxylic acids is 1. The Morgan fingerprint density at radius 2 is 1.29 bits per heavy atom. The third kappa shape index (κ3) is 21.1. The molecule has 1 aliphatic rings.